The molecule has 0 aliphatic carbocycles. The minimum atomic E-state index is -2.31. The van der Waals surface area contributed by atoms with Crippen molar-refractivity contribution in [2.45, 2.75) is 237 Å². The number of unbranched alkanes of at least 4 members (excludes halogenated alkanes) is 5. The highest BCUT2D eigenvalue weighted by molar-refractivity contribution is 6.02. The lowest BCUT2D eigenvalue weighted by Crippen LogP contribution is -2.62. The Morgan fingerprint density at radius 2 is 1.08 bits per heavy atom. The normalized spacial score (nSPS) is 22.1. The van der Waals surface area contributed by atoms with Crippen molar-refractivity contribution < 1.29 is 121 Å². The standard InChI is InChI=1S/C71H108N16O25/c1-8-35(3)19-14-12-10-11-13-15-23-51(90)79-44(26-40-31-74-42-21-17-16-20-41(40)42)65(105)82-45(27-50(73)89)66(106)84-48(30-57(99)100)67(107)87-60-39(7)112-71(111)59(36(4)9-2)86-70(110)58(37(5)25-54(93)94)85-68(108)49(34-88)80-53(92)32-75-62(102)46(28-55(95)96)81-61(101)38(6)77-64(104)47(29-56(97)98)83-63(103)43(22-18-24-72)78-52(91)33-76-69(60)109/h16-17,20-21,31,35-39,43-49,58-60,74,88H,8-15,18-19,22-30,32-34,72H2,1-7H3,(H2,73,89)(H,75,102)(H,76,109)(H,77,104)(H,78,91)(H,79,90)(H,80,92)(H,81,101)(H,82,105)(H,83,103)(H,84,106)(H,85,108)(H,86,110)(H,87,107)(H,93,94)(H,95,96)(H,97,98)(H,99,100). The Morgan fingerprint density at radius 3 is 1.66 bits per heavy atom. The summed E-state index contributed by atoms with van der Waals surface area (Å²) >= 11 is 0. The molecular formula is C71H108N16O25. The lowest BCUT2D eigenvalue weighted by molar-refractivity contribution is -0.158. The Kier molecular flexibility index (Phi) is 40.9. The summed E-state index contributed by atoms with van der Waals surface area (Å²) in [5.74, 6) is -27.7. The Labute approximate surface area is 644 Å². The van der Waals surface area contributed by atoms with Crippen LogP contribution in [0.2, 0.25) is 0 Å². The number of aliphatic hydroxyl groups excluding tert-OH is 1. The summed E-state index contributed by atoms with van der Waals surface area (Å²) in [7, 11) is 0. The number of carbonyl (C=O) groups is 19. The number of nitrogens with two attached hydrogens (primary N) is 2. The number of cyclic esters (lactones) is 1. The Morgan fingerprint density at radius 1 is 0.545 bits per heavy atom. The minimum Gasteiger partial charge on any atom is -0.481 e. The van der Waals surface area contributed by atoms with Crippen molar-refractivity contribution in [2.24, 2.45) is 29.2 Å². The quantitative estimate of drug-likeness (QED) is 0.0226. The maximum absolute atomic E-state index is 14.7. The van der Waals surface area contributed by atoms with Crippen molar-refractivity contribution in [3.63, 3.8) is 0 Å². The number of hydrogen-bond donors (Lipinski definition) is 21. The number of primary amides is 1. The number of aliphatic hydroxyl groups is 1. The Balaban J connectivity index is 2.18. The van der Waals surface area contributed by atoms with E-state index >= 15 is 0 Å². The second-order valence-electron chi connectivity index (χ2n) is 27.6. The van der Waals surface area contributed by atoms with E-state index in [0.717, 1.165) is 52.4 Å². The maximum atomic E-state index is 14.7. The lowest BCUT2D eigenvalue weighted by Gasteiger charge is -2.31. The smallest absolute Gasteiger partial charge is 0.329 e. The molecule has 1 aromatic carbocycles. The fourth-order valence-corrected chi connectivity index (χ4v) is 11.6. The molecule has 1 aliphatic heterocycles. The molecule has 2 heterocycles. The number of aromatic amines is 1. The SMILES string of the molecule is CCC(C)CCCCCCCCC(=O)NC(Cc1c[nH]c2ccccc12)C(=O)NC(CC(N)=O)C(=O)NC(CC(=O)O)C(=O)NC1C(=O)NCC(=O)NC(CCCN)C(=O)NC(CC(=O)O)C(=O)NC(C)C(=O)NC(CC(=O)O)C(=O)NCC(=O)NC(CO)C(=O)NC(C(C)CC(=O)O)C(=O)NC(C(C)CC)C(=O)OC1C. The van der Waals surface area contributed by atoms with Crippen LogP contribution in [0.25, 0.3) is 10.9 Å². The second kappa shape index (κ2) is 48.3. The highest BCUT2D eigenvalue weighted by atomic mass is 16.5. The van der Waals surface area contributed by atoms with Crippen LogP contribution in [0.1, 0.15) is 163 Å². The molecule has 1 fully saturated rings. The van der Waals surface area contributed by atoms with Gasteiger partial charge in [-0.15, -0.1) is 0 Å². The van der Waals surface area contributed by atoms with Gasteiger partial charge in [0, 0.05) is 29.9 Å². The first-order valence-electron chi connectivity index (χ1n) is 36.9. The molecule has 0 spiro atoms. The number of benzene rings is 1. The fraction of sp³-hybridized carbons (Fsp3) is 0.620. The third-order valence-electron chi connectivity index (χ3n) is 18.4. The summed E-state index contributed by atoms with van der Waals surface area (Å²) in [5.41, 5.74) is 12.5. The van der Waals surface area contributed by atoms with Gasteiger partial charge < -0.3 is 116 Å². The summed E-state index contributed by atoms with van der Waals surface area (Å²) in [6.45, 7) is 6.72. The number of aromatic nitrogens is 1. The molecule has 3 rings (SSSR count). The molecule has 0 radical (unpaired) electrons. The van der Waals surface area contributed by atoms with Gasteiger partial charge in [0.15, 0.2) is 0 Å². The number of nitrogens with one attached hydrogen (secondary N) is 14. The van der Waals surface area contributed by atoms with Gasteiger partial charge in [0.2, 0.25) is 82.7 Å². The van der Waals surface area contributed by atoms with Crippen LogP contribution in [0.3, 0.4) is 0 Å². The number of rotatable bonds is 36. The third-order valence-corrected chi connectivity index (χ3v) is 18.4. The molecule has 23 N–H and O–H groups in total. The topological polar surface area (TPSA) is 659 Å². The van der Waals surface area contributed by atoms with Gasteiger partial charge in [-0.1, -0.05) is 104 Å². The van der Waals surface area contributed by atoms with E-state index < -0.39 is 249 Å². The highest BCUT2D eigenvalue weighted by Gasteiger charge is 2.41. The van der Waals surface area contributed by atoms with Gasteiger partial charge >= 0.3 is 29.8 Å². The molecule has 1 aromatic heterocycles. The molecule has 2 aromatic rings. The number of para-hydroxylation sites is 1. The molecule has 112 heavy (non-hydrogen) atoms. The van der Waals surface area contributed by atoms with E-state index in [1.807, 2.05) is 16.0 Å². The number of amides is 14. The van der Waals surface area contributed by atoms with Gasteiger partial charge in [0.25, 0.3) is 0 Å². The first kappa shape index (κ1) is 94.8. The second-order valence-corrected chi connectivity index (χ2v) is 27.6. The van der Waals surface area contributed by atoms with E-state index in [1.165, 1.54) is 20.8 Å². The molecule has 0 bridgehead atoms. The maximum Gasteiger partial charge on any atom is 0.329 e. The monoisotopic (exact) mass is 1580 g/mol. The first-order chi connectivity index (χ1) is 52.8. The molecule has 41 nitrogen and oxygen atoms in total. The lowest BCUT2D eigenvalue weighted by atomic mass is 9.94. The van der Waals surface area contributed by atoms with Gasteiger partial charge in [0.05, 0.1) is 51.8 Å². The molecule has 622 valence electrons. The van der Waals surface area contributed by atoms with Crippen LogP contribution in [0.4, 0.5) is 0 Å². The summed E-state index contributed by atoms with van der Waals surface area (Å²) in [4.78, 5) is 261. The summed E-state index contributed by atoms with van der Waals surface area (Å²) in [6, 6.07) is -14.5. The number of ether oxygens (including phenoxy) is 1. The minimum absolute atomic E-state index is 0.00270. The van der Waals surface area contributed by atoms with Crippen LogP contribution < -0.4 is 80.6 Å². The van der Waals surface area contributed by atoms with Crippen LogP contribution in [0, 0.1) is 17.8 Å². The summed E-state index contributed by atoms with van der Waals surface area (Å²) < 4.78 is 5.73. The van der Waals surface area contributed by atoms with Crippen molar-refractivity contribution in [2.75, 3.05) is 26.2 Å². The Bertz CT molecular complexity index is 3670. The summed E-state index contributed by atoms with van der Waals surface area (Å²) in [5, 5.41) is 79.0. The number of carbonyl (C=O) groups excluding carboxylic acids is 15. The van der Waals surface area contributed by atoms with Crippen molar-refractivity contribution in [1.82, 2.24) is 74.1 Å². The van der Waals surface area contributed by atoms with Gasteiger partial charge in [-0.05, 0) is 69.0 Å². The van der Waals surface area contributed by atoms with Crippen molar-refractivity contribution >= 4 is 123 Å². The first-order valence-corrected chi connectivity index (χ1v) is 36.9. The summed E-state index contributed by atoms with van der Waals surface area (Å²) in [6.07, 6.45) is 0.712. The molecule has 15 atom stereocenters. The zero-order chi connectivity index (χ0) is 84.1. The largest absolute Gasteiger partial charge is 0.481 e. The van der Waals surface area contributed by atoms with E-state index in [4.69, 9.17) is 16.2 Å². The van der Waals surface area contributed by atoms with Crippen molar-refractivity contribution in [1.29, 1.82) is 0 Å². The van der Waals surface area contributed by atoms with Crippen LogP contribution >= 0.6 is 0 Å². The third kappa shape index (κ3) is 33.4. The molecule has 0 saturated carbocycles. The fourth-order valence-electron chi connectivity index (χ4n) is 11.6. The van der Waals surface area contributed by atoms with E-state index in [9.17, 15) is 117 Å². The van der Waals surface area contributed by atoms with Gasteiger partial charge in [-0.2, -0.15) is 0 Å². The number of aliphatic carboxylic acids is 4. The molecule has 14 amide bonds. The number of carboxylic acid groups (broad SMARTS) is 4. The van der Waals surface area contributed by atoms with Gasteiger partial charge in [-0.3, -0.25) is 86.3 Å². The van der Waals surface area contributed by atoms with Crippen LogP contribution in [0.15, 0.2) is 30.5 Å². The number of hydrogen-bond acceptors (Lipinski definition) is 22. The predicted octanol–water partition coefficient (Wildman–Crippen LogP) is -4.40. The molecule has 1 aliphatic rings. The van der Waals surface area contributed by atoms with E-state index in [2.05, 4.69) is 72.0 Å². The van der Waals surface area contributed by atoms with E-state index in [0.29, 0.717) is 35.2 Å². The van der Waals surface area contributed by atoms with Crippen molar-refractivity contribution in [3.8, 4) is 0 Å². The average Bonchev–Trinajstić information content (AvgIpc) is 1.69. The number of carboxylic acids is 4. The highest BCUT2D eigenvalue weighted by Crippen LogP contribution is 2.21. The number of esters is 1. The molecule has 15 unspecified atom stereocenters. The van der Waals surface area contributed by atoms with Crippen LogP contribution in [-0.4, -0.2) is 242 Å². The zero-order valence-electron chi connectivity index (χ0n) is 63.7. The number of H-pyrrole nitrogens is 1. The predicted molar refractivity (Wildman–Crippen MR) is 394 cm³/mol. The average molecular weight is 1590 g/mol. The van der Waals surface area contributed by atoms with Gasteiger partial charge in [0.1, 0.15) is 72.6 Å². The van der Waals surface area contributed by atoms with E-state index in [1.54, 1.807) is 30.5 Å². The molecular weight excluding hydrogens is 1480 g/mol. The Hall–Kier alpha value is -11.4. The van der Waals surface area contributed by atoms with Crippen LogP contribution in [-0.2, 0) is 102 Å². The van der Waals surface area contributed by atoms with Gasteiger partial charge in [-0.25, -0.2) is 4.79 Å². The molecule has 1 saturated heterocycles. The molecule has 41 heteroatoms. The zero-order valence-corrected chi connectivity index (χ0v) is 63.7. The van der Waals surface area contributed by atoms with E-state index in [-0.39, 0.29) is 38.6 Å². The number of fused-ring (bicyclic) bond motifs is 1. The van der Waals surface area contributed by atoms with Crippen LogP contribution in [0.5, 0.6) is 0 Å². The van der Waals surface area contributed by atoms with Crippen molar-refractivity contribution in [3.05, 3.63) is 36.0 Å².